The summed E-state index contributed by atoms with van der Waals surface area (Å²) < 4.78 is 12.4. The number of likely N-dealkylation sites (N-methyl/N-ethyl adjacent to an activating group) is 1. The Balaban J connectivity index is 2.97. The lowest BCUT2D eigenvalue weighted by Crippen LogP contribution is -2.52. The number of ether oxygens (including phenoxy) is 2. The van der Waals surface area contributed by atoms with Crippen molar-refractivity contribution in [2.24, 2.45) is 0 Å². The van der Waals surface area contributed by atoms with Crippen molar-refractivity contribution in [3.63, 3.8) is 0 Å². The van der Waals surface area contributed by atoms with Gasteiger partial charge in [-0.05, 0) is 66.9 Å². The van der Waals surface area contributed by atoms with Crippen molar-refractivity contribution in [1.82, 2.24) is 5.32 Å². The molecule has 3 nitrogen and oxygen atoms in total. The van der Waals surface area contributed by atoms with E-state index in [0.29, 0.717) is 0 Å². The van der Waals surface area contributed by atoms with E-state index in [-0.39, 0.29) is 11.6 Å². The Hall–Kier alpha value is -0.580. The van der Waals surface area contributed by atoms with Crippen LogP contribution in [0.3, 0.4) is 0 Å². The topological polar surface area (TPSA) is 30.5 Å². The quantitative estimate of drug-likeness (QED) is 0.718. The molecule has 0 aliphatic carbocycles. The fraction of sp³-hybridized carbons (Fsp3) is 0.647. The zero-order chi connectivity index (χ0) is 15.9. The van der Waals surface area contributed by atoms with Crippen LogP contribution >= 0.6 is 15.9 Å². The fourth-order valence-corrected chi connectivity index (χ4v) is 3.55. The van der Waals surface area contributed by atoms with E-state index in [1.807, 2.05) is 13.1 Å². The Labute approximate surface area is 137 Å². The molecule has 0 saturated carbocycles. The average Bonchev–Trinajstić information content (AvgIpc) is 2.51. The molecule has 0 aromatic heterocycles. The molecule has 120 valence electrons. The van der Waals surface area contributed by atoms with E-state index in [2.05, 4.69) is 54.2 Å². The van der Waals surface area contributed by atoms with Gasteiger partial charge in [-0.25, -0.2) is 0 Å². The van der Waals surface area contributed by atoms with E-state index in [1.54, 1.807) is 7.11 Å². The molecule has 0 fully saturated rings. The first-order valence-corrected chi connectivity index (χ1v) is 8.49. The Morgan fingerprint density at radius 2 is 1.90 bits per heavy atom. The number of benzene rings is 1. The van der Waals surface area contributed by atoms with Crippen LogP contribution in [-0.2, 0) is 11.2 Å². The van der Waals surface area contributed by atoms with E-state index >= 15 is 0 Å². The van der Waals surface area contributed by atoms with Crippen LogP contribution < -0.4 is 10.1 Å². The third-order valence-electron chi connectivity index (χ3n) is 4.27. The standard InChI is InChI=1S/C17H28BrNO2/c1-6-17(7-2,21-8-3)16(19-4)12-13-9-10-15(20-5)14(18)11-13/h9-11,16,19H,6-8,12H2,1-5H3. The molecule has 1 atom stereocenters. The van der Waals surface area contributed by atoms with Gasteiger partial charge in [0.05, 0.1) is 17.2 Å². The predicted molar refractivity (Wildman–Crippen MR) is 92.2 cm³/mol. The van der Waals surface area contributed by atoms with Crippen molar-refractivity contribution >= 4 is 15.9 Å². The summed E-state index contributed by atoms with van der Waals surface area (Å²) in [4.78, 5) is 0. The summed E-state index contributed by atoms with van der Waals surface area (Å²) in [6, 6.07) is 6.54. The molecular formula is C17H28BrNO2. The summed E-state index contributed by atoms with van der Waals surface area (Å²) in [7, 11) is 3.70. The largest absolute Gasteiger partial charge is 0.496 e. The number of rotatable bonds is 9. The van der Waals surface area contributed by atoms with E-state index < -0.39 is 0 Å². The van der Waals surface area contributed by atoms with Gasteiger partial charge in [0.2, 0.25) is 0 Å². The van der Waals surface area contributed by atoms with Crippen molar-refractivity contribution in [3.8, 4) is 5.75 Å². The third kappa shape index (κ3) is 4.44. The molecule has 1 aromatic carbocycles. The number of methoxy groups -OCH3 is 1. The SMILES string of the molecule is CCOC(CC)(CC)C(Cc1ccc(OC)c(Br)c1)NC. The second kappa shape index (κ2) is 8.76. The van der Waals surface area contributed by atoms with E-state index in [9.17, 15) is 0 Å². The van der Waals surface area contributed by atoms with Crippen LogP contribution in [-0.4, -0.2) is 32.4 Å². The third-order valence-corrected chi connectivity index (χ3v) is 4.89. The highest BCUT2D eigenvalue weighted by Gasteiger charge is 2.35. The van der Waals surface area contributed by atoms with Gasteiger partial charge >= 0.3 is 0 Å². The molecule has 21 heavy (non-hydrogen) atoms. The van der Waals surface area contributed by atoms with Gasteiger partial charge in [0.1, 0.15) is 5.75 Å². The zero-order valence-corrected chi connectivity index (χ0v) is 15.4. The van der Waals surface area contributed by atoms with E-state index in [1.165, 1.54) is 5.56 Å². The minimum Gasteiger partial charge on any atom is -0.496 e. The van der Waals surface area contributed by atoms with Gasteiger partial charge in [-0.1, -0.05) is 19.9 Å². The zero-order valence-electron chi connectivity index (χ0n) is 13.8. The van der Waals surface area contributed by atoms with Gasteiger partial charge in [-0.15, -0.1) is 0 Å². The van der Waals surface area contributed by atoms with Crippen LogP contribution in [0.4, 0.5) is 0 Å². The smallest absolute Gasteiger partial charge is 0.133 e. The highest BCUT2D eigenvalue weighted by molar-refractivity contribution is 9.10. The second-order valence-corrected chi connectivity index (χ2v) is 6.07. The van der Waals surface area contributed by atoms with Crippen molar-refractivity contribution in [2.45, 2.75) is 51.7 Å². The van der Waals surface area contributed by atoms with Gasteiger partial charge in [0, 0.05) is 12.6 Å². The summed E-state index contributed by atoms with van der Waals surface area (Å²) in [6.45, 7) is 7.21. The lowest BCUT2D eigenvalue weighted by Gasteiger charge is -2.39. The minimum atomic E-state index is -0.115. The molecule has 1 N–H and O–H groups in total. The lowest BCUT2D eigenvalue weighted by molar-refractivity contribution is -0.0703. The average molecular weight is 358 g/mol. The first-order valence-electron chi connectivity index (χ1n) is 7.70. The molecule has 1 aromatic rings. The predicted octanol–water partition coefficient (Wildman–Crippen LogP) is 4.18. The van der Waals surface area contributed by atoms with Gasteiger partial charge in [-0.2, -0.15) is 0 Å². The molecular weight excluding hydrogens is 330 g/mol. The maximum absolute atomic E-state index is 6.13. The Kier molecular flexibility index (Phi) is 7.71. The van der Waals surface area contributed by atoms with Crippen LogP contribution in [0.25, 0.3) is 0 Å². The normalized spacial score (nSPS) is 13.2. The Morgan fingerprint density at radius 3 is 2.33 bits per heavy atom. The molecule has 0 radical (unpaired) electrons. The van der Waals surface area contributed by atoms with Gasteiger partial charge in [0.15, 0.2) is 0 Å². The van der Waals surface area contributed by atoms with Gasteiger partial charge in [0.25, 0.3) is 0 Å². The molecule has 1 unspecified atom stereocenters. The minimum absolute atomic E-state index is 0.115. The number of hydrogen-bond acceptors (Lipinski definition) is 3. The monoisotopic (exact) mass is 357 g/mol. The number of nitrogens with one attached hydrogen (secondary N) is 1. The highest BCUT2D eigenvalue weighted by Crippen LogP contribution is 2.30. The van der Waals surface area contributed by atoms with Crippen LogP contribution in [0.2, 0.25) is 0 Å². The van der Waals surface area contributed by atoms with E-state index in [4.69, 9.17) is 9.47 Å². The maximum atomic E-state index is 6.13. The highest BCUT2D eigenvalue weighted by atomic mass is 79.9. The fourth-order valence-electron chi connectivity index (χ4n) is 2.96. The van der Waals surface area contributed by atoms with Crippen LogP contribution in [0, 0.1) is 0 Å². The van der Waals surface area contributed by atoms with Gasteiger partial charge < -0.3 is 14.8 Å². The number of halogens is 1. The summed E-state index contributed by atoms with van der Waals surface area (Å²) in [5, 5.41) is 3.45. The van der Waals surface area contributed by atoms with Gasteiger partial charge in [-0.3, -0.25) is 0 Å². The first kappa shape index (κ1) is 18.5. The van der Waals surface area contributed by atoms with Crippen molar-refractivity contribution in [2.75, 3.05) is 20.8 Å². The summed E-state index contributed by atoms with van der Waals surface area (Å²) in [5.41, 5.74) is 1.16. The summed E-state index contributed by atoms with van der Waals surface area (Å²) >= 11 is 3.56. The number of hydrogen-bond donors (Lipinski definition) is 1. The molecule has 0 spiro atoms. The van der Waals surface area contributed by atoms with Crippen molar-refractivity contribution in [3.05, 3.63) is 28.2 Å². The summed E-state index contributed by atoms with van der Waals surface area (Å²) in [6.07, 6.45) is 2.93. The molecule has 0 heterocycles. The second-order valence-electron chi connectivity index (χ2n) is 5.22. The molecule has 4 heteroatoms. The molecule has 1 rings (SSSR count). The molecule has 0 bridgehead atoms. The molecule has 0 saturated heterocycles. The molecule has 0 amide bonds. The Morgan fingerprint density at radius 1 is 1.24 bits per heavy atom. The summed E-state index contributed by atoms with van der Waals surface area (Å²) in [5.74, 6) is 0.863. The van der Waals surface area contributed by atoms with Crippen LogP contribution in [0.15, 0.2) is 22.7 Å². The van der Waals surface area contributed by atoms with Crippen LogP contribution in [0.5, 0.6) is 5.75 Å². The van der Waals surface area contributed by atoms with E-state index in [0.717, 1.165) is 36.1 Å². The lowest BCUT2D eigenvalue weighted by atomic mass is 9.84. The van der Waals surface area contributed by atoms with Crippen molar-refractivity contribution in [1.29, 1.82) is 0 Å². The first-order chi connectivity index (χ1) is 10.1. The molecule has 0 aliphatic rings. The van der Waals surface area contributed by atoms with Crippen molar-refractivity contribution < 1.29 is 9.47 Å². The molecule has 0 aliphatic heterocycles. The maximum Gasteiger partial charge on any atom is 0.133 e. The Bertz CT molecular complexity index is 433. The van der Waals surface area contributed by atoms with Crippen LogP contribution in [0.1, 0.15) is 39.2 Å².